The maximum atomic E-state index is 12.8. The summed E-state index contributed by atoms with van der Waals surface area (Å²) in [5, 5.41) is 4.44. The van der Waals surface area contributed by atoms with E-state index in [9.17, 15) is 9.18 Å². The highest BCUT2D eigenvalue weighted by atomic mass is 35.5. The third-order valence-corrected chi connectivity index (χ3v) is 5.41. The van der Waals surface area contributed by atoms with Crippen LogP contribution >= 0.6 is 23.2 Å². The van der Waals surface area contributed by atoms with Crippen molar-refractivity contribution in [1.82, 2.24) is 15.1 Å². The molecule has 5 nitrogen and oxygen atoms in total. The van der Waals surface area contributed by atoms with Crippen molar-refractivity contribution in [2.75, 3.05) is 26.4 Å². The molecule has 1 aromatic carbocycles. The van der Waals surface area contributed by atoms with Crippen LogP contribution in [0, 0.1) is 0 Å². The largest absolute Gasteiger partial charge is 0.491 e. The molecular formula is C21H24Cl2FN3O2. The van der Waals surface area contributed by atoms with Crippen LogP contribution in [0.25, 0.3) is 5.70 Å². The molecule has 1 aromatic rings. The summed E-state index contributed by atoms with van der Waals surface area (Å²) < 4.78 is 17.6. The molecule has 0 radical (unpaired) electrons. The van der Waals surface area contributed by atoms with Gasteiger partial charge in [-0.15, -0.1) is 0 Å². The predicted molar refractivity (Wildman–Crippen MR) is 114 cm³/mol. The van der Waals surface area contributed by atoms with E-state index in [1.54, 1.807) is 29.3 Å². The molecule has 0 saturated carbocycles. The van der Waals surface area contributed by atoms with Crippen molar-refractivity contribution in [1.29, 1.82) is 0 Å². The van der Waals surface area contributed by atoms with Crippen molar-refractivity contribution in [2.45, 2.75) is 26.4 Å². The zero-order valence-electron chi connectivity index (χ0n) is 16.4. The highest BCUT2D eigenvalue weighted by Gasteiger charge is 2.36. The molecule has 2 aliphatic heterocycles. The Balaban J connectivity index is 1.95. The van der Waals surface area contributed by atoms with Gasteiger partial charge in [0.2, 0.25) is 5.91 Å². The van der Waals surface area contributed by atoms with Crippen molar-refractivity contribution in [2.24, 2.45) is 0 Å². The Labute approximate surface area is 180 Å². The predicted octanol–water partition coefficient (Wildman–Crippen LogP) is 4.41. The molecule has 1 atom stereocenters. The fourth-order valence-corrected chi connectivity index (χ4v) is 4.00. The monoisotopic (exact) mass is 439 g/mol. The molecule has 156 valence electrons. The first-order chi connectivity index (χ1) is 14.0. The summed E-state index contributed by atoms with van der Waals surface area (Å²) in [4.78, 5) is 16.5. The fraction of sp³-hybridized carbons (Fsp3) is 0.381. The van der Waals surface area contributed by atoms with Crippen LogP contribution in [0.15, 0.2) is 52.3 Å². The third-order valence-electron chi connectivity index (χ3n) is 4.88. The second-order valence-corrected chi connectivity index (χ2v) is 7.50. The second-order valence-electron chi connectivity index (χ2n) is 6.62. The molecule has 0 bridgehead atoms. The molecule has 0 fully saturated rings. The van der Waals surface area contributed by atoms with Crippen molar-refractivity contribution in [3.8, 4) is 5.75 Å². The number of amides is 1. The Kier molecular flexibility index (Phi) is 7.09. The molecule has 1 unspecified atom stereocenters. The number of benzene rings is 1. The highest BCUT2D eigenvalue weighted by molar-refractivity contribution is 6.35. The van der Waals surface area contributed by atoms with Gasteiger partial charge in [-0.1, -0.05) is 23.2 Å². The van der Waals surface area contributed by atoms with Crippen LogP contribution in [0.3, 0.4) is 0 Å². The van der Waals surface area contributed by atoms with Gasteiger partial charge in [0.1, 0.15) is 25.2 Å². The number of allylic oxidation sites excluding steroid dienone is 2. The number of carbonyl (C=O) groups is 1. The lowest BCUT2D eigenvalue weighted by Gasteiger charge is -2.29. The van der Waals surface area contributed by atoms with Crippen LogP contribution < -0.4 is 10.1 Å². The Morgan fingerprint density at radius 1 is 1.24 bits per heavy atom. The van der Waals surface area contributed by atoms with Gasteiger partial charge in [-0.3, -0.25) is 4.79 Å². The SMILES string of the molecule is CCN(CC)C(=O)CC1=C(c2ccc(OCCF)cc2)NC2C(Cl)=CC(Cl)=CN12. The van der Waals surface area contributed by atoms with E-state index in [0.717, 1.165) is 17.0 Å². The smallest absolute Gasteiger partial charge is 0.228 e. The van der Waals surface area contributed by atoms with Crippen molar-refractivity contribution in [3.63, 3.8) is 0 Å². The van der Waals surface area contributed by atoms with Crippen LogP contribution in [0.5, 0.6) is 5.75 Å². The summed E-state index contributed by atoms with van der Waals surface area (Å²) in [6.45, 7) is 4.68. The first-order valence-electron chi connectivity index (χ1n) is 9.57. The maximum absolute atomic E-state index is 12.8. The van der Waals surface area contributed by atoms with E-state index in [1.165, 1.54) is 0 Å². The van der Waals surface area contributed by atoms with Crippen LogP contribution in [-0.4, -0.2) is 48.2 Å². The van der Waals surface area contributed by atoms with Gasteiger partial charge < -0.3 is 19.9 Å². The van der Waals surface area contributed by atoms with Crippen LogP contribution in [-0.2, 0) is 4.79 Å². The molecule has 1 N–H and O–H groups in total. The average molecular weight is 440 g/mol. The molecule has 2 heterocycles. The van der Waals surface area contributed by atoms with Gasteiger partial charge in [-0.25, -0.2) is 4.39 Å². The van der Waals surface area contributed by atoms with Crippen molar-refractivity contribution < 1.29 is 13.9 Å². The first kappa shape index (κ1) is 21.5. The Hall–Kier alpha value is -2.18. The van der Waals surface area contributed by atoms with Gasteiger partial charge in [-0.05, 0) is 49.8 Å². The minimum atomic E-state index is -0.541. The topological polar surface area (TPSA) is 44.8 Å². The Bertz CT molecular complexity index is 848. The summed E-state index contributed by atoms with van der Waals surface area (Å²) >= 11 is 12.6. The van der Waals surface area contributed by atoms with E-state index in [2.05, 4.69) is 5.32 Å². The fourth-order valence-electron chi connectivity index (χ4n) is 3.44. The lowest BCUT2D eigenvalue weighted by molar-refractivity contribution is -0.130. The number of alkyl halides is 1. The van der Waals surface area contributed by atoms with Gasteiger partial charge in [0.25, 0.3) is 0 Å². The third kappa shape index (κ3) is 4.70. The molecule has 1 amide bonds. The van der Waals surface area contributed by atoms with Crippen LogP contribution in [0.4, 0.5) is 4.39 Å². The summed E-state index contributed by atoms with van der Waals surface area (Å²) in [6.07, 6.45) is 3.38. The van der Waals surface area contributed by atoms with Gasteiger partial charge in [0, 0.05) is 19.3 Å². The quantitative estimate of drug-likeness (QED) is 0.651. The average Bonchev–Trinajstić information content (AvgIpc) is 3.06. The summed E-state index contributed by atoms with van der Waals surface area (Å²) in [5.74, 6) is 0.618. The van der Waals surface area contributed by atoms with E-state index in [4.69, 9.17) is 27.9 Å². The van der Waals surface area contributed by atoms with E-state index in [1.807, 2.05) is 30.9 Å². The molecular weight excluding hydrogens is 416 g/mol. The molecule has 8 heteroatoms. The summed E-state index contributed by atoms with van der Waals surface area (Å²) in [7, 11) is 0. The molecule has 0 saturated heterocycles. The van der Waals surface area contributed by atoms with Gasteiger partial charge in [-0.2, -0.15) is 0 Å². The van der Waals surface area contributed by atoms with Crippen molar-refractivity contribution >= 4 is 34.8 Å². The lowest BCUT2D eigenvalue weighted by Crippen LogP contribution is -2.37. The molecule has 0 aromatic heterocycles. The number of nitrogens with one attached hydrogen (secondary N) is 1. The Morgan fingerprint density at radius 3 is 2.55 bits per heavy atom. The van der Waals surface area contributed by atoms with Crippen LogP contribution in [0.1, 0.15) is 25.8 Å². The number of hydrogen-bond donors (Lipinski definition) is 1. The molecule has 3 rings (SSSR count). The highest BCUT2D eigenvalue weighted by Crippen LogP contribution is 2.38. The van der Waals surface area contributed by atoms with Crippen LogP contribution in [0.2, 0.25) is 0 Å². The number of fused-ring (bicyclic) bond motifs is 1. The zero-order valence-corrected chi connectivity index (χ0v) is 17.9. The molecule has 29 heavy (non-hydrogen) atoms. The molecule has 2 aliphatic rings. The van der Waals surface area contributed by atoms with E-state index in [0.29, 0.717) is 28.9 Å². The Morgan fingerprint density at radius 2 is 1.93 bits per heavy atom. The summed E-state index contributed by atoms with van der Waals surface area (Å²) in [6, 6.07) is 7.31. The first-order valence-corrected chi connectivity index (χ1v) is 10.3. The van der Waals surface area contributed by atoms with E-state index < -0.39 is 6.67 Å². The minimum absolute atomic E-state index is 0.0173. The van der Waals surface area contributed by atoms with E-state index >= 15 is 0 Å². The second kappa shape index (κ2) is 9.55. The van der Waals surface area contributed by atoms with Crippen molar-refractivity contribution in [3.05, 3.63) is 57.9 Å². The number of carbonyl (C=O) groups excluding carboxylic acids is 1. The maximum Gasteiger partial charge on any atom is 0.228 e. The number of ether oxygens (including phenoxy) is 1. The lowest BCUT2D eigenvalue weighted by atomic mass is 10.1. The number of hydrogen-bond acceptors (Lipinski definition) is 4. The number of halogens is 3. The minimum Gasteiger partial charge on any atom is -0.491 e. The summed E-state index contributed by atoms with van der Waals surface area (Å²) in [5.41, 5.74) is 2.48. The zero-order chi connectivity index (χ0) is 21.0. The van der Waals surface area contributed by atoms with Gasteiger partial charge in [0.05, 0.1) is 27.9 Å². The van der Waals surface area contributed by atoms with Gasteiger partial charge in [0.15, 0.2) is 0 Å². The van der Waals surface area contributed by atoms with Gasteiger partial charge >= 0.3 is 0 Å². The molecule has 0 aliphatic carbocycles. The number of nitrogens with zero attached hydrogens (tertiary/aromatic N) is 2. The molecule has 0 spiro atoms. The van der Waals surface area contributed by atoms with E-state index in [-0.39, 0.29) is 25.1 Å². The number of rotatable bonds is 8. The normalized spacial score (nSPS) is 18.1. The standard InChI is InChI=1S/C21H24Cl2FN3O2/c1-3-26(4-2)19(28)12-18-20(14-5-7-16(8-6-14)29-10-9-24)25-21-17(23)11-15(22)13-27(18)21/h5-8,11,13,21,25H,3-4,9-10,12H2,1-2H3.